The predicted octanol–water partition coefficient (Wildman–Crippen LogP) is 6.15. The van der Waals surface area contributed by atoms with Crippen molar-refractivity contribution in [2.24, 2.45) is 0 Å². The molecular formula is C27H21ClFN5O2. The van der Waals surface area contributed by atoms with Crippen molar-refractivity contribution in [1.82, 2.24) is 4.98 Å². The zero-order chi connectivity index (χ0) is 25.5. The Kier molecular flexibility index (Phi) is 7.82. The van der Waals surface area contributed by atoms with E-state index in [1.54, 1.807) is 31.4 Å². The summed E-state index contributed by atoms with van der Waals surface area (Å²) in [5.41, 5.74) is 4.18. The molecule has 180 valence electrons. The third kappa shape index (κ3) is 5.64. The van der Waals surface area contributed by atoms with Crippen molar-refractivity contribution in [2.75, 3.05) is 31.0 Å². The minimum Gasteiger partial charge on any atom is -0.491 e. The van der Waals surface area contributed by atoms with Gasteiger partial charge in [0.2, 0.25) is 0 Å². The number of nitriles is 2. The summed E-state index contributed by atoms with van der Waals surface area (Å²) >= 11 is 5.93. The van der Waals surface area contributed by atoms with Gasteiger partial charge in [-0.1, -0.05) is 11.6 Å². The summed E-state index contributed by atoms with van der Waals surface area (Å²) in [7, 11) is 1.60. The zero-order valence-electron chi connectivity index (χ0n) is 19.3. The van der Waals surface area contributed by atoms with Crippen LogP contribution >= 0.6 is 11.6 Å². The maximum absolute atomic E-state index is 13.6. The van der Waals surface area contributed by atoms with Crippen molar-refractivity contribution < 1.29 is 13.9 Å². The number of pyridine rings is 1. The van der Waals surface area contributed by atoms with Gasteiger partial charge >= 0.3 is 0 Å². The van der Waals surface area contributed by atoms with Crippen molar-refractivity contribution in [3.8, 4) is 17.9 Å². The molecule has 0 unspecified atom stereocenters. The molecule has 0 amide bonds. The Morgan fingerprint density at radius 3 is 2.58 bits per heavy atom. The fraction of sp³-hybridized carbons (Fsp3) is 0.148. The average Bonchev–Trinajstić information content (AvgIpc) is 2.90. The van der Waals surface area contributed by atoms with Crippen molar-refractivity contribution in [1.29, 1.82) is 10.5 Å². The van der Waals surface area contributed by atoms with Crippen LogP contribution in [0, 0.1) is 28.5 Å². The monoisotopic (exact) mass is 501 g/mol. The second-order valence-electron chi connectivity index (χ2n) is 7.77. The van der Waals surface area contributed by atoms with E-state index < -0.39 is 5.82 Å². The lowest BCUT2D eigenvalue weighted by molar-refractivity contribution is 0.146. The van der Waals surface area contributed by atoms with Crippen LogP contribution in [-0.2, 0) is 11.3 Å². The van der Waals surface area contributed by atoms with Crippen LogP contribution in [0.4, 0.5) is 21.5 Å². The molecule has 0 radical (unpaired) electrons. The summed E-state index contributed by atoms with van der Waals surface area (Å²) in [6.07, 6.45) is 1.49. The fourth-order valence-corrected chi connectivity index (χ4v) is 3.78. The van der Waals surface area contributed by atoms with Crippen LogP contribution < -0.4 is 15.4 Å². The second-order valence-corrected chi connectivity index (χ2v) is 8.18. The van der Waals surface area contributed by atoms with Gasteiger partial charge in [0.25, 0.3) is 0 Å². The predicted molar refractivity (Wildman–Crippen MR) is 137 cm³/mol. The van der Waals surface area contributed by atoms with Crippen LogP contribution in [0.5, 0.6) is 5.75 Å². The highest BCUT2D eigenvalue weighted by Crippen LogP contribution is 2.32. The Hall–Kier alpha value is -4.37. The number of aromatic nitrogens is 1. The SMILES string of the molecule is COCCOc1ccc(C#N)cc1CNc1ccc2ncc(C#N)c(Nc3ccc(F)c(Cl)c3)c2c1. The van der Waals surface area contributed by atoms with E-state index in [0.717, 1.165) is 11.3 Å². The van der Waals surface area contributed by atoms with Crippen molar-refractivity contribution in [3.05, 3.63) is 88.3 Å². The summed E-state index contributed by atoms with van der Waals surface area (Å²) in [5, 5.41) is 26.2. The highest BCUT2D eigenvalue weighted by molar-refractivity contribution is 6.31. The van der Waals surface area contributed by atoms with Crippen molar-refractivity contribution in [3.63, 3.8) is 0 Å². The van der Waals surface area contributed by atoms with Crippen LogP contribution in [0.3, 0.4) is 0 Å². The van der Waals surface area contributed by atoms with E-state index in [-0.39, 0.29) is 5.02 Å². The van der Waals surface area contributed by atoms with Gasteiger partial charge < -0.3 is 20.1 Å². The van der Waals surface area contributed by atoms with Gasteiger partial charge in [-0.3, -0.25) is 4.98 Å². The van der Waals surface area contributed by atoms with E-state index in [1.165, 1.54) is 18.3 Å². The van der Waals surface area contributed by atoms with Crippen LogP contribution in [0.15, 0.2) is 60.8 Å². The first-order valence-electron chi connectivity index (χ1n) is 11.0. The minimum absolute atomic E-state index is 0.0256. The molecule has 0 saturated carbocycles. The smallest absolute Gasteiger partial charge is 0.141 e. The summed E-state index contributed by atoms with van der Waals surface area (Å²) in [4.78, 5) is 4.38. The van der Waals surface area contributed by atoms with Crippen LogP contribution in [-0.4, -0.2) is 25.3 Å². The molecule has 4 rings (SSSR count). The molecule has 4 aromatic rings. The number of nitrogens with zero attached hydrogens (tertiary/aromatic N) is 3. The molecule has 0 spiro atoms. The third-order valence-corrected chi connectivity index (χ3v) is 5.68. The molecular weight excluding hydrogens is 481 g/mol. The number of ether oxygens (including phenoxy) is 2. The molecule has 2 N–H and O–H groups in total. The molecule has 1 heterocycles. The maximum Gasteiger partial charge on any atom is 0.141 e. The standard InChI is InChI=1S/C27H21ClFN5O2/c1-35-8-9-36-26-7-2-17(13-30)10-18(26)15-32-20-4-6-25-22(11-20)27(19(14-31)16-33-25)34-21-3-5-24(29)23(28)12-21/h2-7,10-12,16,32H,8-9,15H2,1H3,(H,33,34). The average molecular weight is 502 g/mol. The fourth-order valence-electron chi connectivity index (χ4n) is 3.60. The van der Waals surface area contributed by atoms with Gasteiger partial charge in [-0.15, -0.1) is 0 Å². The maximum atomic E-state index is 13.6. The Labute approximate surface area is 212 Å². The van der Waals surface area contributed by atoms with Crippen LogP contribution in [0.1, 0.15) is 16.7 Å². The summed E-state index contributed by atoms with van der Waals surface area (Å²) < 4.78 is 24.5. The number of methoxy groups -OCH3 is 1. The van der Waals surface area contributed by atoms with E-state index in [4.69, 9.17) is 21.1 Å². The first kappa shape index (κ1) is 24.7. The molecule has 0 aliphatic carbocycles. The van der Waals surface area contributed by atoms with E-state index in [2.05, 4.69) is 27.8 Å². The molecule has 36 heavy (non-hydrogen) atoms. The molecule has 0 saturated heterocycles. The van der Waals surface area contributed by atoms with Crippen LogP contribution in [0.25, 0.3) is 10.9 Å². The van der Waals surface area contributed by atoms with Gasteiger partial charge in [0.1, 0.15) is 24.2 Å². The molecule has 0 atom stereocenters. The normalized spacial score (nSPS) is 10.5. The molecule has 0 bridgehead atoms. The minimum atomic E-state index is -0.528. The summed E-state index contributed by atoms with van der Waals surface area (Å²) in [6, 6.07) is 19.4. The second kappa shape index (κ2) is 11.4. The Bertz CT molecular complexity index is 1500. The number of benzene rings is 3. The number of anilines is 3. The van der Waals surface area contributed by atoms with E-state index in [0.29, 0.717) is 58.9 Å². The van der Waals surface area contributed by atoms with Gasteiger partial charge in [-0.05, 0) is 54.6 Å². The Morgan fingerprint density at radius 1 is 1.00 bits per heavy atom. The molecule has 0 aliphatic heterocycles. The number of nitrogens with one attached hydrogen (secondary N) is 2. The summed E-state index contributed by atoms with van der Waals surface area (Å²) in [5.74, 6) is 0.128. The Morgan fingerprint density at radius 2 is 1.83 bits per heavy atom. The molecule has 0 fully saturated rings. The van der Waals surface area contributed by atoms with E-state index in [1.807, 2.05) is 18.2 Å². The van der Waals surface area contributed by atoms with Crippen LogP contribution in [0.2, 0.25) is 5.02 Å². The number of fused-ring (bicyclic) bond motifs is 1. The molecule has 3 aromatic carbocycles. The first-order chi connectivity index (χ1) is 17.5. The molecule has 9 heteroatoms. The van der Waals surface area contributed by atoms with Gasteiger partial charge in [0, 0.05) is 42.2 Å². The van der Waals surface area contributed by atoms with Gasteiger partial charge in [0.15, 0.2) is 0 Å². The lowest BCUT2D eigenvalue weighted by Crippen LogP contribution is -2.08. The van der Waals surface area contributed by atoms with Crippen molar-refractivity contribution >= 4 is 39.6 Å². The molecule has 1 aromatic heterocycles. The van der Waals surface area contributed by atoms with Gasteiger partial charge in [0.05, 0.1) is 40.0 Å². The largest absolute Gasteiger partial charge is 0.491 e. The van der Waals surface area contributed by atoms with E-state index in [9.17, 15) is 14.9 Å². The number of rotatable bonds is 9. The first-order valence-corrected chi connectivity index (χ1v) is 11.3. The third-order valence-electron chi connectivity index (χ3n) is 5.39. The molecule has 0 aliphatic rings. The number of hydrogen-bond donors (Lipinski definition) is 2. The Balaban J connectivity index is 1.64. The lowest BCUT2D eigenvalue weighted by Gasteiger charge is -2.15. The molecule has 7 nitrogen and oxygen atoms in total. The summed E-state index contributed by atoms with van der Waals surface area (Å²) in [6.45, 7) is 1.22. The van der Waals surface area contributed by atoms with Crippen molar-refractivity contribution in [2.45, 2.75) is 6.54 Å². The number of halogens is 2. The number of hydrogen-bond acceptors (Lipinski definition) is 7. The quantitative estimate of drug-likeness (QED) is 0.265. The van der Waals surface area contributed by atoms with Gasteiger partial charge in [-0.2, -0.15) is 10.5 Å². The highest BCUT2D eigenvalue weighted by atomic mass is 35.5. The highest BCUT2D eigenvalue weighted by Gasteiger charge is 2.12. The van der Waals surface area contributed by atoms with E-state index >= 15 is 0 Å². The zero-order valence-corrected chi connectivity index (χ0v) is 20.1. The topological polar surface area (TPSA) is 103 Å². The van der Waals surface area contributed by atoms with Gasteiger partial charge in [-0.25, -0.2) is 4.39 Å². The lowest BCUT2D eigenvalue weighted by atomic mass is 10.1.